The summed E-state index contributed by atoms with van der Waals surface area (Å²) in [5.74, 6) is 0. The average molecular weight is 228 g/mol. The zero-order valence-electron chi connectivity index (χ0n) is 9.46. The summed E-state index contributed by atoms with van der Waals surface area (Å²) in [6, 6.07) is 9.41. The van der Waals surface area contributed by atoms with Crippen molar-refractivity contribution in [2.24, 2.45) is 0 Å². The third kappa shape index (κ3) is 2.47. The topological polar surface area (TPSA) is 56.0 Å². The van der Waals surface area contributed by atoms with Gasteiger partial charge in [-0.15, -0.1) is 0 Å². The lowest BCUT2D eigenvalue weighted by atomic mass is 10.1. The Balaban J connectivity index is 2.46. The van der Waals surface area contributed by atoms with Crippen LogP contribution in [0.1, 0.15) is 18.9 Å². The van der Waals surface area contributed by atoms with Crippen LogP contribution in [0.25, 0.3) is 17.0 Å². The van der Waals surface area contributed by atoms with Gasteiger partial charge in [-0.05, 0) is 23.8 Å². The molecule has 0 fully saturated rings. The fourth-order valence-corrected chi connectivity index (χ4v) is 1.66. The van der Waals surface area contributed by atoms with Crippen LogP contribution in [0.2, 0.25) is 0 Å². The summed E-state index contributed by atoms with van der Waals surface area (Å²) < 4.78 is 0. The lowest BCUT2D eigenvalue weighted by Crippen LogP contribution is -1.96. The van der Waals surface area contributed by atoms with Gasteiger partial charge < -0.3 is 0 Å². The molecule has 0 aliphatic heterocycles. The first-order chi connectivity index (χ1) is 8.20. The minimum atomic E-state index is -0.340. The van der Waals surface area contributed by atoms with E-state index in [0.717, 1.165) is 16.5 Å². The number of aromatic nitrogens is 1. The van der Waals surface area contributed by atoms with Crippen LogP contribution in [0.5, 0.6) is 0 Å². The van der Waals surface area contributed by atoms with E-state index in [9.17, 15) is 10.1 Å². The van der Waals surface area contributed by atoms with E-state index in [4.69, 9.17) is 0 Å². The number of benzene rings is 1. The molecular formula is C13H12N2O2. The summed E-state index contributed by atoms with van der Waals surface area (Å²) in [5, 5.41) is 11.7. The molecule has 0 aliphatic carbocycles. The van der Waals surface area contributed by atoms with Gasteiger partial charge in [-0.2, -0.15) is 0 Å². The van der Waals surface area contributed by atoms with Crippen LogP contribution in [0, 0.1) is 10.1 Å². The van der Waals surface area contributed by atoms with Crippen LogP contribution in [-0.2, 0) is 0 Å². The largest absolute Gasteiger partial charge is 0.259 e. The molecule has 0 N–H and O–H groups in total. The van der Waals surface area contributed by atoms with Gasteiger partial charge in [0.2, 0.25) is 5.70 Å². The van der Waals surface area contributed by atoms with E-state index in [0.29, 0.717) is 6.42 Å². The van der Waals surface area contributed by atoms with Crippen LogP contribution >= 0.6 is 0 Å². The summed E-state index contributed by atoms with van der Waals surface area (Å²) in [6.45, 7) is 1.78. The molecule has 86 valence electrons. The van der Waals surface area contributed by atoms with Crippen molar-refractivity contribution in [2.45, 2.75) is 13.3 Å². The Hall–Kier alpha value is -2.23. The molecule has 1 aromatic heterocycles. The van der Waals surface area contributed by atoms with Gasteiger partial charge in [0.15, 0.2) is 0 Å². The molecule has 0 saturated carbocycles. The number of nitrogens with zero attached hydrogens (tertiary/aromatic N) is 2. The number of nitro groups is 1. The van der Waals surface area contributed by atoms with Crippen molar-refractivity contribution in [1.29, 1.82) is 0 Å². The van der Waals surface area contributed by atoms with Crippen LogP contribution in [0.3, 0.4) is 0 Å². The Kier molecular flexibility index (Phi) is 3.14. The second-order valence-electron chi connectivity index (χ2n) is 3.70. The van der Waals surface area contributed by atoms with Crippen molar-refractivity contribution in [1.82, 2.24) is 4.98 Å². The Morgan fingerprint density at radius 3 is 3.00 bits per heavy atom. The zero-order valence-corrected chi connectivity index (χ0v) is 9.46. The van der Waals surface area contributed by atoms with Crippen molar-refractivity contribution < 1.29 is 4.92 Å². The maximum absolute atomic E-state index is 10.7. The second-order valence-corrected chi connectivity index (χ2v) is 3.70. The van der Waals surface area contributed by atoms with E-state index >= 15 is 0 Å². The molecule has 2 aromatic rings. The van der Waals surface area contributed by atoms with Crippen molar-refractivity contribution >= 4 is 17.0 Å². The maximum atomic E-state index is 10.7. The van der Waals surface area contributed by atoms with Crippen molar-refractivity contribution in [3.05, 3.63) is 57.9 Å². The first kappa shape index (κ1) is 11.3. The van der Waals surface area contributed by atoms with Gasteiger partial charge in [0.25, 0.3) is 0 Å². The maximum Gasteiger partial charge on any atom is 0.246 e. The molecule has 17 heavy (non-hydrogen) atoms. The van der Waals surface area contributed by atoms with Crippen molar-refractivity contribution in [3.8, 4) is 0 Å². The van der Waals surface area contributed by atoms with E-state index in [1.807, 2.05) is 30.3 Å². The average Bonchev–Trinajstić information content (AvgIpc) is 2.35. The monoisotopic (exact) mass is 228 g/mol. The molecule has 0 aliphatic rings. The van der Waals surface area contributed by atoms with Gasteiger partial charge in [0.1, 0.15) is 0 Å². The minimum Gasteiger partial charge on any atom is -0.259 e. The fraction of sp³-hybridized carbons (Fsp3) is 0.154. The van der Waals surface area contributed by atoms with Gasteiger partial charge in [-0.25, -0.2) is 0 Å². The summed E-state index contributed by atoms with van der Waals surface area (Å²) in [7, 11) is 0. The smallest absolute Gasteiger partial charge is 0.246 e. The molecule has 2 rings (SSSR count). The van der Waals surface area contributed by atoms with Gasteiger partial charge in [0.05, 0.1) is 10.4 Å². The molecule has 0 amide bonds. The van der Waals surface area contributed by atoms with Crippen molar-refractivity contribution in [2.75, 3.05) is 0 Å². The zero-order chi connectivity index (χ0) is 12.3. The molecule has 0 radical (unpaired) electrons. The Labute approximate surface area is 98.8 Å². The summed E-state index contributed by atoms with van der Waals surface area (Å²) in [4.78, 5) is 14.6. The van der Waals surface area contributed by atoms with Crippen molar-refractivity contribution in [3.63, 3.8) is 0 Å². The van der Waals surface area contributed by atoms with Crippen LogP contribution in [-0.4, -0.2) is 9.91 Å². The molecular weight excluding hydrogens is 216 g/mol. The first-order valence-corrected chi connectivity index (χ1v) is 5.40. The van der Waals surface area contributed by atoms with Crippen LogP contribution in [0.15, 0.2) is 42.2 Å². The minimum absolute atomic E-state index is 0.216. The van der Waals surface area contributed by atoms with E-state index in [-0.39, 0.29) is 10.6 Å². The highest BCUT2D eigenvalue weighted by atomic mass is 16.6. The van der Waals surface area contributed by atoms with Crippen LogP contribution in [0.4, 0.5) is 0 Å². The molecule has 4 heteroatoms. The first-order valence-electron chi connectivity index (χ1n) is 5.40. The molecule has 0 atom stereocenters. The number of hydrogen-bond acceptors (Lipinski definition) is 3. The molecule has 0 saturated heterocycles. The Bertz CT molecular complexity index is 591. The molecule has 1 heterocycles. The van der Waals surface area contributed by atoms with E-state index in [1.54, 1.807) is 19.2 Å². The fourth-order valence-electron chi connectivity index (χ4n) is 1.66. The van der Waals surface area contributed by atoms with E-state index in [2.05, 4.69) is 4.98 Å². The highest BCUT2D eigenvalue weighted by Gasteiger charge is 2.07. The predicted molar refractivity (Wildman–Crippen MR) is 67.0 cm³/mol. The summed E-state index contributed by atoms with van der Waals surface area (Å²) >= 11 is 0. The van der Waals surface area contributed by atoms with Crippen LogP contribution < -0.4 is 0 Å². The highest BCUT2D eigenvalue weighted by Crippen LogP contribution is 2.16. The van der Waals surface area contributed by atoms with Gasteiger partial charge in [-0.1, -0.05) is 19.1 Å². The lowest BCUT2D eigenvalue weighted by molar-refractivity contribution is -0.425. The molecule has 4 nitrogen and oxygen atoms in total. The third-order valence-electron chi connectivity index (χ3n) is 2.56. The number of rotatable bonds is 3. The predicted octanol–water partition coefficient (Wildman–Crippen LogP) is 3.26. The number of allylic oxidation sites excluding steroid dienone is 1. The second kappa shape index (κ2) is 4.74. The molecule has 0 bridgehead atoms. The third-order valence-corrected chi connectivity index (χ3v) is 2.56. The number of fused-ring (bicyclic) bond motifs is 1. The van der Waals surface area contributed by atoms with E-state index in [1.165, 1.54) is 0 Å². The molecule has 1 aromatic carbocycles. The van der Waals surface area contributed by atoms with Gasteiger partial charge in [0, 0.05) is 24.1 Å². The molecule has 0 unspecified atom stereocenters. The standard InChI is InChI=1S/C13H12N2O2/c1-2-12(15(16)17)9-10-5-6-13-11(8-10)4-3-7-14-13/h3-9H,2H2,1H3/b12-9+. The van der Waals surface area contributed by atoms with E-state index < -0.39 is 0 Å². The Morgan fingerprint density at radius 1 is 1.47 bits per heavy atom. The quantitative estimate of drug-likeness (QED) is 0.598. The number of hydrogen-bond donors (Lipinski definition) is 0. The highest BCUT2D eigenvalue weighted by molar-refractivity contribution is 5.81. The number of pyridine rings is 1. The van der Waals surface area contributed by atoms with Gasteiger partial charge in [-0.3, -0.25) is 15.1 Å². The Morgan fingerprint density at radius 2 is 2.29 bits per heavy atom. The van der Waals surface area contributed by atoms with Gasteiger partial charge >= 0.3 is 0 Å². The lowest BCUT2D eigenvalue weighted by Gasteiger charge is -1.99. The normalized spacial score (nSPS) is 11.7. The molecule has 0 spiro atoms. The SMILES string of the molecule is CC/C(=C\c1ccc2ncccc2c1)[N+](=O)[O-]. The summed E-state index contributed by atoms with van der Waals surface area (Å²) in [5.41, 5.74) is 1.94. The summed E-state index contributed by atoms with van der Waals surface area (Å²) in [6.07, 6.45) is 3.75.